The van der Waals surface area contributed by atoms with Gasteiger partial charge in [-0.3, -0.25) is 9.69 Å². The van der Waals surface area contributed by atoms with Crippen LogP contribution in [-0.2, 0) is 16.1 Å². The van der Waals surface area contributed by atoms with Crippen molar-refractivity contribution >= 4 is 18.1 Å². The molecule has 1 aliphatic rings. The average molecular weight is 371 g/mol. The molecule has 0 bridgehead atoms. The third-order valence-corrected chi connectivity index (χ3v) is 4.10. The molecule has 2 N–H and O–H groups in total. The topological polar surface area (TPSA) is 64.8 Å². The van der Waals surface area contributed by atoms with Gasteiger partial charge in [0.05, 0.1) is 6.61 Å². The van der Waals surface area contributed by atoms with E-state index in [-0.39, 0.29) is 5.60 Å². The van der Waals surface area contributed by atoms with E-state index in [9.17, 15) is 4.79 Å². The minimum Gasteiger partial charge on any atom is -0.494 e. The molecular weight excluding hydrogens is 340 g/mol. The van der Waals surface area contributed by atoms with Crippen molar-refractivity contribution in [2.24, 2.45) is 5.73 Å². The van der Waals surface area contributed by atoms with E-state index in [1.54, 1.807) is 0 Å². The summed E-state index contributed by atoms with van der Waals surface area (Å²) in [6, 6.07) is 6.33. The lowest BCUT2D eigenvalue weighted by atomic mass is 10.1. The Morgan fingerprint density at radius 2 is 2.12 bits per heavy atom. The van der Waals surface area contributed by atoms with Crippen molar-refractivity contribution < 1.29 is 14.3 Å². The number of carbonyl (C=O) groups is 1. The van der Waals surface area contributed by atoms with E-state index in [1.165, 1.54) is 12.8 Å². The largest absolute Gasteiger partial charge is 0.494 e. The molecular formula is C19H31ClN2O3. The van der Waals surface area contributed by atoms with Crippen LogP contribution in [0.1, 0.15) is 46.1 Å². The van der Waals surface area contributed by atoms with Crippen molar-refractivity contribution in [3.05, 3.63) is 28.8 Å². The van der Waals surface area contributed by atoms with Crippen LogP contribution in [0, 0.1) is 0 Å². The van der Waals surface area contributed by atoms with E-state index in [0.717, 1.165) is 36.0 Å². The summed E-state index contributed by atoms with van der Waals surface area (Å²) in [7, 11) is 0. The van der Waals surface area contributed by atoms with Gasteiger partial charge in [0, 0.05) is 29.7 Å². The average Bonchev–Trinajstić information content (AvgIpc) is 2.97. The van der Waals surface area contributed by atoms with Gasteiger partial charge in [-0.2, -0.15) is 0 Å². The lowest BCUT2D eigenvalue weighted by molar-refractivity contribution is -0.138. The zero-order chi connectivity index (χ0) is 18.9. The fourth-order valence-electron chi connectivity index (χ4n) is 2.70. The number of benzene rings is 1. The first-order chi connectivity index (χ1) is 11.8. The van der Waals surface area contributed by atoms with Gasteiger partial charge in [0.25, 0.3) is 6.47 Å². The number of ether oxygens (including phenoxy) is 2. The molecule has 6 heteroatoms. The van der Waals surface area contributed by atoms with E-state index in [2.05, 4.69) is 9.64 Å². The molecule has 0 aliphatic carbocycles. The standard InChI is InChI=1S/C14H21ClN2O.C5H10O2/c1-2-18-14-6-5-12(15)8-11(14)10-17-7-3-4-13(17)9-16;1-5(2,3)7-4-6/h5-6,8,13H,2-4,7,9-10,16H2,1H3;4H,1-3H3. The highest BCUT2D eigenvalue weighted by Gasteiger charge is 2.24. The Labute approximate surface area is 156 Å². The van der Waals surface area contributed by atoms with E-state index in [0.29, 0.717) is 19.1 Å². The first kappa shape index (κ1) is 21.7. The molecule has 142 valence electrons. The Hall–Kier alpha value is -1.30. The van der Waals surface area contributed by atoms with Crippen molar-refractivity contribution in [3.63, 3.8) is 0 Å². The maximum absolute atomic E-state index is 9.60. The Morgan fingerprint density at radius 3 is 2.64 bits per heavy atom. The predicted octanol–water partition coefficient (Wildman–Crippen LogP) is 3.62. The molecule has 0 aromatic heterocycles. The van der Waals surface area contributed by atoms with E-state index in [4.69, 9.17) is 22.1 Å². The smallest absolute Gasteiger partial charge is 0.293 e. The van der Waals surface area contributed by atoms with Crippen LogP contribution in [0.5, 0.6) is 5.75 Å². The molecule has 5 nitrogen and oxygen atoms in total. The summed E-state index contributed by atoms with van der Waals surface area (Å²) in [5.74, 6) is 0.935. The third kappa shape index (κ3) is 8.08. The van der Waals surface area contributed by atoms with Crippen LogP contribution in [0.4, 0.5) is 0 Å². The first-order valence-electron chi connectivity index (χ1n) is 8.77. The number of hydrogen-bond acceptors (Lipinski definition) is 5. The predicted molar refractivity (Wildman–Crippen MR) is 102 cm³/mol. The SMILES string of the molecule is CC(C)(C)OC=O.CCOc1ccc(Cl)cc1CN1CCCC1CN. The van der Waals surface area contributed by atoms with Gasteiger partial charge in [-0.05, 0) is 65.3 Å². The highest BCUT2D eigenvalue weighted by molar-refractivity contribution is 6.30. The second-order valence-corrected chi connectivity index (χ2v) is 7.45. The second-order valence-electron chi connectivity index (χ2n) is 7.01. The Bertz CT molecular complexity index is 532. The van der Waals surface area contributed by atoms with Crippen LogP contribution in [0.15, 0.2) is 18.2 Å². The molecule has 1 aromatic rings. The highest BCUT2D eigenvalue weighted by atomic mass is 35.5. The summed E-state index contributed by atoms with van der Waals surface area (Å²) < 4.78 is 10.2. The maximum atomic E-state index is 9.60. The molecule has 1 heterocycles. The quantitative estimate of drug-likeness (QED) is 0.775. The molecule has 1 unspecified atom stereocenters. The van der Waals surface area contributed by atoms with E-state index < -0.39 is 0 Å². The molecule has 0 radical (unpaired) electrons. The first-order valence-corrected chi connectivity index (χ1v) is 9.15. The molecule has 25 heavy (non-hydrogen) atoms. The summed E-state index contributed by atoms with van der Waals surface area (Å²) in [6.45, 7) is 11.3. The minimum atomic E-state index is -0.318. The Balaban J connectivity index is 0.000000381. The summed E-state index contributed by atoms with van der Waals surface area (Å²) in [6.07, 6.45) is 2.42. The maximum Gasteiger partial charge on any atom is 0.293 e. The van der Waals surface area contributed by atoms with Gasteiger partial charge in [-0.1, -0.05) is 11.6 Å². The monoisotopic (exact) mass is 370 g/mol. The highest BCUT2D eigenvalue weighted by Crippen LogP contribution is 2.27. The van der Waals surface area contributed by atoms with Crippen molar-refractivity contribution in [3.8, 4) is 5.75 Å². The fraction of sp³-hybridized carbons (Fsp3) is 0.632. The molecule has 1 atom stereocenters. The van der Waals surface area contributed by atoms with Gasteiger partial charge in [0.2, 0.25) is 0 Å². The number of halogens is 1. The molecule has 1 aromatic carbocycles. The second kappa shape index (κ2) is 10.6. The fourth-order valence-corrected chi connectivity index (χ4v) is 2.90. The third-order valence-electron chi connectivity index (χ3n) is 3.87. The summed E-state index contributed by atoms with van der Waals surface area (Å²) >= 11 is 6.07. The number of likely N-dealkylation sites (tertiary alicyclic amines) is 1. The van der Waals surface area contributed by atoms with Crippen molar-refractivity contribution in [2.45, 2.75) is 58.7 Å². The Kier molecular flexibility index (Phi) is 9.25. The lowest BCUT2D eigenvalue weighted by Gasteiger charge is -2.24. The Morgan fingerprint density at radius 1 is 1.40 bits per heavy atom. The lowest BCUT2D eigenvalue weighted by Crippen LogP contribution is -2.34. The van der Waals surface area contributed by atoms with Gasteiger partial charge in [-0.25, -0.2) is 0 Å². The summed E-state index contributed by atoms with van der Waals surface area (Å²) in [4.78, 5) is 12.0. The molecule has 2 rings (SSSR count). The zero-order valence-electron chi connectivity index (χ0n) is 15.8. The van der Waals surface area contributed by atoms with Gasteiger partial charge in [-0.15, -0.1) is 0 Å². The van der Waals surface area contributed by atoms with Crippen LogP contribution >= 0.6 is 11.6 Å². The number of rotatable bonds is 6. The van der Waals surface area contributed by atoms with Gasteiger partial charge in [0.1, 0.15) is 11.4 Å². The molecule has 0 saturated carbocycles. The van der Waals surface area contributed by atoms with Crippen LogP contribution in [-0.4, -0.2) is 42.7 Å². The molecule has 0 spiro atoms. The summed E-state index contributed by atoms with van der Waals surface area (Å²) in [5.41, 5.74) is 6.64. The number of nitrogens with two attached hydrogens (primary N) is 1. The number of nitrogens with zero attached hydrogens (tertiary/aromatic N) is 1. The normalized spacial score (nSPS) is 17.6. The van der Waals surface area contributed by atoms with Crippen LogP contribution in [0.25, 0.3) is 0 Å². The van der Waals surface area contributed by atoms with Crippen molar-refractivity contribution in [2.75, 3.05) is 19.7 Å². The summed E-state index contributed by atoms with van der Waals surface area (Å²) in [5, 5.41) is 0.761. The molecule has 0 amide bonds. The molecule has 1 fully saturated rings. The van der Waals surface area contributed by atoms with Crippen molar-refractivity contribution in [1.82, 2.24) is 4.90 Å². The van der Waals surface area contributed by atoms with Gasteiger partial charge in [0.15, 0.2) is 0 Å². The van der Waals surface area contributed by atoms with E-state index in [1.807, 2.05) is 45.9 Å². The van der Waals surface area contributed by atoms with Crippen LogP contribution in [0.3, 0.4) is 0 Å². The van der Waals surface area contributed by atoms with Gasteiger partial charge >= 0.3 is 0 Å². The number of hydrogen-bond donors (Lipinski definition) is 1. The van der Waals surface area contributed by atoms with Crippen LogP contribution in [0.2, 0.25) is 5.02 Å². The number of carbonyl (C=O) groups excluding carboxylic acids is 1. The zero-order valence-corrected chi connectivity index (χ0v) is 16.5. The van der Waals surface area contributed by atoms with Crippen molar-refractivity contribution in [1.29, 1.82) is 0 Å². The van der Waals surface area contributed by atoms with Gasteiger partial charge < -0.3 is 15.2 Å². The molecule has 1 saturated heterocycles. The van der Waals surface area contributed by atoms with Crippen LogP contribution < -0.4 is 10.5 Å². The van der Waals surface area contributed by atoms with E-state index >= 15 is 0 Å². The minimum absolute atomic E-state index is 0.318. The molecule has 1 aliphatic heterocycles.